The van der Waals surface area contributed by atoms with Crippen molar-refractivity contribution in [2.45, 2.75) is 52.4 Å². The van der Waals surface area contributed by atoms with Gasteiger partial charge in [-0.3, -0.25) is 4.79 Å². The minimum Gasteiger partial charge on any atom is -0.357 e. The summed E-state index contributed by atoms with van der Waals surface area (Å²) in [7, 11) is 0. The summed E-state index contributed by atoms with van der Waals surface area (Å²) in [5.41, 5.74) is 0.454. The molecule has 1 heterocycles. The molecule has 5 nitrogen and oxygen atoms in total. The fourth-order valence-corrected chi connectivity index (χ4v) is 3.16. The summed E-state index contributed by atoms with van der Waals surface area (Å²) < 4.78 is 0. The Labute approximate surface area is 128 Å². The van der Waals surface area contributed by atoms with Gasteiger partial charge in [0.2, 0.25) is 5.91 Å². The highest BCUT2D eigenvalue weighted by Gasteiger charge is 2.34. The maximum Gasteiger partial charge on any atom is 0.244 e. The molecule has 0 atom stereocenters. The summed E-state index contributed by atoms with van der Waals surface area (Å²) in [4.78, 5) is 18.4. The molecular formula is C16H30N4O. The first-order valence-corrected chi connectivity index (χ1v) is 8.49. The van der Waals surface area contributed by atoms with Crippen molar-refractivity contribution in [3.63, 3.8) is 0 Å². The minimum absolute atomic E-state index is 0.151. The highest BCUT2D eigenvalue weighted by molar-refractivity contribution is 5.85. The molecule has 1 aliphatic heterocycles. The maximum atomic E-state index is 12.0. The van der Waals surface area contributed by atoms with E-state index in [1.165, 1.54) is 25.7 Å². The molecule has 0 spiro atoms. The minimum atomic E-state index is 0.151. The Morgan fingerprint density at radius 1 is 1.14 bits per heavy atom. The van der Waals surface area contributed by atoms with E-state index in [1.807, 2.05) is 4.90 Å². The lowest BCUT2D eigenvalue weighted by Gasteiger charge is -2.41. The number of hydrogen-bond acceptors (Lipinski definition) is 2. The Morgan fingerprint density at radius 3 is 2.38 bits per heavy atom. The number of amides is 1. The van der Waals surface area contributed by atoms with Crippen LogP contribution in [0.25, 0.3) is 0 Å². The molecular weight excluding hydrogens is 264 g/mol. The van der Waals surface area contributed by atoms with Crippen molar-refractivity contribution in [3.05, 3.63) is 0 Å². The summed E-state index contributed by atoms with van der Waals surface area (Å²) in [5.74, 6) is 0.934. The molecule has 5 heteroatoms. The van der Waals surface area contributed by atoms with Crippen LogP contribution < -0.4 is 10.6 Å². The first kappa shape index (κ1) is 16.1. The molecule has 1 saturated heterocycles. The first-order chi connectivity index (χ1) is 10.2. The quantitative estimate of drug-likeness (QED) is 0.579. The van der Waals surface area contributed by atoms with Gasteiger partial charge in [0.25, 0.3) is 0 Å². The Hall–Kier alpha value is -1.26. The van der Waals surface area contributed by atoms with Gasteiger partial charge >= 0.3 is 0 Å². The van der Waals surface area contributed by atoms with Crippen LogP contribution in [0, 0.1) is 5.41 Å². The van der Waals surface area contributed by atoms with Crippen LogP contribution >= 0.6 is 0 Å². The van der Waals surface area contributed by atoms with Crippen LogP contribution in [0.15, 0.2) is 4.99 Å². The van der Waals surface area contributed by atoms with E-state index in [4.69, 9.17) is 0 Å². The Balaban J connectivity index is 1.82. The van der Waals surface area contributed by atoms with E-state index in [9.17, 15) is 4.79 Å². The fraction of sp³-hybridized carbons (Fsp3) is 0.875. The van der Waals surface area contributed by atoms with Gasteiger partial charge in [-0.25, -0.2) is 4.99 Å². The molecule has 0 aromatic carbocycles. The van der Waals surface area contributed by atoms with Gasteiger partial charge in [0.05, 0.1) is 0 Å². The van der Waals surface area contributed by atoms with Crippen molar-refractivity contribution >= 4 is 11.9 Å². The number of carbonyl (C=O) groups is 1. The van der Waals surface area contributed by atoms with Gasteiger partial charge in [0.15, 0.2) is 5.96 Å². The molecule has 120 valence electrons. The topological polar surface area (TPSA) is 56.7 Å². The molecule has 1 aliphatic carbocycles. The van der Waals surface area contributed by atoms with E-state index >= 15 is 0 Å². The van der Waals surface area contributed by atoms with Crippen LogP contribution in [0.1, 0.15) is 52.4 Å². The first-order valence-electron chi connectivity index (χ1n) is 8.49. The van der Waals surface area contributed by atoms with Gasteiger partial charge in [0.1, 0.15) is 6.54 Å². The molecule has 2 aliphatic rings. The average Bonchev–Trinajstić information content (AvgIpc) is 2.97. The second-order valence-corrected chi connectivity index (χ2v) is 6.34. The van der Waals surface area contributed by atoms with Gasteiger partial charge < -0.3 is 15.5 Å². The van der Waals surface area contributed by atoms with Gasteiger partial charge in [-0.15, -0.1) is 0 Å². The third-order valence-corrected chi connectivity index (χ3v) is 4.97. The summed E-state index contributed by atoms with van der Waals surface area (Å²) in [6.45, 7) is 8.17. The Kier molecular flexibility index (Phi) is 5.88. The number of hydrogen-bond donors (Lipinski definition) is 2. The number of carbonyl (C=O) groups excluding carboxylic acids is 1. The lowest BCUT2D eigenvalue weighted by atomic mass is 9.67. The van der Waals surface area contributed by atoms with Crippen LogP contribution in [0.3, 0.4) is 0 Å². The second kappa shape index (κ2) is 7.66. The molecule has 0 aromatic rings. The molecule has 0 aromatic heterocycles. The largest absolute Gasteiger partial charge is 0.357 e. The van der Waals surface area contributed by atoms with Gasteiger partial charge in [-0.1, -0.05) is 13.3 Å². The third kappa shape index (κ3) is 4.35. The van der Waals surface area contributed by atoms with Gasteiger partial charge in [0, 0.05) is 26.2 Å². The summed E-state index contributed by atoms with van der Waals surface area (Å²) in [5, 5.41) is 6.67. The zero-order valence-corrected chi connectivity index (χ0v) is 13.6. The van der Waals surface area contributed by atoms with Crippen molar-refractivity contribution in [3.8, 4) is 0 Å². The molecule has 2 rings (SSSR count). The van der Waals surface area contributed by atoms with Crippen molar-refractivity contribution in [1.29, 1.82) is 0 Å². The zero-order chi connectivity index (χ0) is 15.1. The SMILES string of the molecule is CCNC(=NCC(=O)N1CCCC1)NCC1(CC)CCC1. The summed E-state index contributed by atoms with van der Waals surface area (Å²) >= 11 is 0. The molecule has 2 fully saturated rings. The summed E-state index contributed by atoms with van der Waals surface area (Å²) in [6.07, 6.45) is 7.44. The summed E-state index contributed by atoms with van der Waals surface area (Å²) in [6, 6.07) is 0. The molecule has 0 unspecified atom stereocenters. The Bertz CT molecular complexity index is 365. The highest BCUT2D eigenvalue weighted by atomic mass is 16.2. The van der Waals surface area contributed by atoms with Crippen molar-refractivity contribution in [1.82, 2.24) is 15.5 Å². The highest BCUT2D eigenvalue weighted by Crippen LogP contribution is 2.42. The third-order valence-electron chi connectivity index (χ3n) is 4.97. The Morgan fingerprint density at radius 2 is 1.86 bits per heavy atom. The molecule has 1 saturated carbocycles. The van der Waals surface area contributed by atoms with E-state index in [0.717, 1.165) is 45.0 Å². The number of nitrogens with zero attached hydrogens (tertiary/aromatic N) is 2. The van der Waals surface area contributed by atoms with E-state index in [2.05, 4.69) is 29.5 Å². The smallest absolute Gasteiger partial charge is 0.244 e. The molecule has 2 N–H and O–H groups in total. The van der Waals surface area contributed by atoms with Crippen LogP contribution in [0.5, 0.6) is 0 Å². The van der Waals surface area contributed by atoms with E-state index < -0.39 is 0 Å². The standard InChI is InChI=1S/C16H30N4O/c1-3-16(8-7-9-16)13-19-15(17-4-2)18-12-14(21)20-10-5-6-11-20/h3-13H2,1-2H3,(H2,17,18,19). The van der Waals surface area contributed by atoms with Crippen LogP contribution in [0.2, 0.25) is 0 Å². The van der Waals surface area contributed by atoms with Crippen molar-refractivity contribution < 1.29 is 4.79 Å². The number of likely N-dealkylation sites (tertiary alicyclic amines) is 1. The number of rotatable bonds is 6. The maximum absolute atomic E-state index is 12.0. The van der Waals surface area contributed by atoms with E-state index in [0.29, 0.717) is 5.41 Å². The molecule has 21 heavy (non-hydrogen) atoms. The number of guanidine groups is 1. The zero-order valence-electron chi connectivity index (χ0n) is 13.6. The molecule has 1 amide bonds. The monoisotopic (exact) mass is 294 g/mol. The van der Waals surface area contributed by atoms with Crippen LogP contribution in [-0.2, 0) is 4.79 Å². The second-order valence-electron chi connectivity index (χ2n) is 6.34. The van der Waals surface area contributed by atoms with Crippen LogP contribution in [-0.4, -0.2) is 49.5 Å². The predicted molar refractivity (Wildman–Crippen MR) is 86.4 cm³/mol. The normalized spacial score (nSPS) is 21.0. The molecule has 0 radical (unpaired) electrons. The van der Waals surface area contributed by atoms with Crippen LogP contribution in [0.4, 0.5) is 0 Å². The average molecular weight is 294 g/mol. The number of nitrogens with one attached hydrogen (secondary N) is 2. The van der Waals surface area contributed by atoms with Gasteiger partial charge in [-0.05, 0) is 44.4 Å². The predicted octanol–water partition coefficient (Wildman–Crippen LogP) is 1.74. The molecule has 0 bridgehead atoms. The van der Waals surface area contributed by atoms with E-state index in [1.54, 1.807) is 0 Å². The van der Waals surface area contributed by atoms with E-state index in [-0.39, 0.29) is 12.5 Å². The van der Waals surface area contributed by atoms with Crippen molar-refractivity contribution in [2.75, 3.05) is 32.7 Å². The lowest BCUT2D eigenvalue weighted by molar-refractivity contribution is -0.128. The van der Waals surface area contributed by atoms with Gasteiger partial charge in [-0.2, -0.15) is 0 Å². The van der Waals surface area contributed by atoms with Crippen molar-refractivity contribution in [2.24, 2.45) is 10.4 Å². The number of aliphatic imine (C=N–C) groups is 1. The lowest BCUT2D eigenvalue weighted by Crippen LogP contribution is -2.46. The fourth-order valence-electron chi connectivity index (χ4n) is 3.16.